The molecule has 2 N–H and O–H groups in total. The van der Waals surface area contributed by atoms with Gasteiger partial charge in [-0.05, 0) is 29.8 Å². The van der Waals surface area contributed by atoms with Crippen molar-refractivity contribution < 1.29 is 0 Å². The molecule has 120 valence electrons. The minimum Gasteiger partial charge on any atom is -0.380 e. The third kappa shape index (κ3) is 4.11. The maximum atomic E-state index is 5.96. The van der Waals surface area contributed by atoms with Gasteiger partial charge in [-0.25, -0.2) is 9.67 Å². The number of hydrogen-bond donors (Lipinski definition) is 1. The lowest BCUT2D eigenvalue weighted by Crippen LogP contribution is -2.16. The lowest BCUT2D eigenvalue weighted by atomic mass is 10.1. The van der Waals surface area contributed by atoms with Gasteiger partial charge in [-0.3, -0.25) is 4.98 Å². The number of aromatic nitrogens is 4. The number of halogens is 1. The predicted molar refractivity (Wildman–Crippen MR) is 95.7 cm³/mol. The van der Waals surface area contributed by atoms with Crippen molar-refractivity contribution in [3.8, 4) is 0 Å². The van der Waals surface area contributed by atoms with Gasteiger partial charge in [0.15, 0.2) is 5.84 Å². The zero-order valence-electron chi connectivity index (χ0n) is 12.6. The molecule has 2 heterocycles. The van der Waals surface area contributed by atoms with Crippen molar-refractivity contribution in [1.82, 2.24) is 19.7 Å². The van der Waals surface area contributed by atoms with Crippen molar-refractivity contribution >= 4 is 27.5 Å². The van der Waals surface area contributed by atoms with Crippen LogP contribution >= 0.6 is 15.9 Å². The predicted octanol–water partition coefficient (Wildman–Crippen LogP) is 2.25. The largest absolute Gasteiger partial charge is 0.380 e. The highest BCUT2D eigenvalue weighted by Crippen LogP contribution is 2.12. The average Bonchev–Trinajstić information content (AvgIpc) is 3.13. The number of nitrogens with two attached hydrogens (primary N) is 1. The molecule has 2 aromatic heterocycles. The molecule has 0 aliphatic carbocycles. The summed E-state index contributed by atoms with van der Waals surface area (Å²) in [7, 11) is 0. The summed E-state index contributed by atoms with van der Waals surface area (Å²) in [6, 6.07) is 13.2. The maximum absolute atomic E-state index is 5.96. The number of pyridine rings is 1. The highest BCUT2D eigenvalue weighted by Gasteiger charge is 2.07. The first kappa shape index (κ1) is 16.0. The maximum Gasteiger partial charge on any atom is 0.171 e. The van der Waals surface area contributed by atoms with Crippen LogP contribution < -0.4 is 5.73 Å². The molecule has 0 bridgehead atoms. The fourth-order valence-electron chi connectivity index (χ4n) is 1.97. The van der Waals surface area contributed by atoms with Crippen LogP contribution in [0.15, 0.2) is 76.0 Å². The van der Waals surface area contributed by atoms with E-state index in [0.717, 1.165) is 10.0 Å². The topological polar surface area (TPSA) is 94.3 Å². The zero-order chi connectivity index (χ0) is 16.8. The summed E-state index contributed by atoms with van der Waals surface area (Å²) in [6.45, 7) is 0.431. The molecule has 8 heteroatoms. The molecule has 0 unspecified atom stereocenters. The summed E-state index contributed by atoms with van der Waals surface area (Å²) < 4.78 is 2.66. The molecule has 0 aliphatic rings. The van der Waals surface area contributed by atoms with Crippen LogP contribution in [0.3, 0.4) is 0 Å². The van der Waals surface area contributed by atoms with Gasteiger partial charge < -0.3 is 5.73 Å². The van der Waals surface area contributed by atoms with E-state index in [0.29, 0.717) is 18.0 Å². The van der Waals surface area contributed by atoms with Crippen LogP contribution in [0.5, 0.6) is 0 Å². The SMILES string of the molecule is N/C(=N\N=C(/Cn1cncn1)c1ccc(Br)cc1)c1ccccn1. The Labute approximate surface area is 147 Å². The number of rotatable bonds is 5. The highest BCUT2D eigenvalue weighted by molar-refractivity contribution is 9.10. The first-order chi connectivity index (χ1) is 11.7. The smallest absolute Gasteiger partial charge is 0.171 e. The number of hydrogen-bond acceptors (Lipinski definition) is 5. The molecule has 0 radical (unpaired) electrons. The summed E-state index contributed by atoms with van der Waals surface area (Å²) in [4.78, 5) is 8.10. The summed E-state index contributed by atoms with van der Waals surface area (Å²) in [6.07, 6.45) is 4.76. The molecular formula is C16H14BrN7. The average molecular weight is 384 g/mol. The van der Waals surface area contributed by atoms with Crippen molar-refractivity contribution in [2.75, 3.05) is 0 Å². The van der Waals surface area contributed by atoms with E-state index in [4.69, 9.17) is 5.73 Å². The van der Waals surface area contributed by atoms with Crippen LogP contribution in [0.25, 0.3) is 0 Å². The molecule has 7 nitrogen and oxygen atoms in total. The molecule has 0 spiro atoms. The third-order valence-corrected chi connectivity index (χ3v) is 3.69. The first-order valence-electron chi connectivity index (χ1n) is 7.12. The van der Waals surface area contributed by atoms with E-state index in [9.17, 15) is 0 Å². The van der Waals surface area contributed by atoms with E-state index in [2.05, 4.69) is 41.2 Å². The van der Waals surface area contributed by atoms with Crippen molar-refractivity contribution in [2.24, 2.45) is 15.9 Å². The van der Waals surface area contributed by atoms with Gasteiger partial charge in [0.1, 0.15) is 18.3 Å². The molecule has 0 aliphatic heterocycles. The number of benzene rings is 1. The Morgan fingerprint density at radius 1 is 1.12 bits per heavy atom. The minimum absolute atomic E-state index is 0.254. The Morgan fingerprint density at radius 3 is 2.62 bits per heavy atom. The lowest BCUT2D eigenvalue weighted by molar-refractivity contribution is 0.720. The Morgan fingerprint density at radius 2 is 1.96 bits per heavy atom. The Balaban J connectivity index is 1.92. The van der Waals surface area contributed by atoms with Crippen LogP contribution in [0.2, 0.25) is 0 Å². The number of nitrogens with zero attached hydrogens (tertiary/aromatic N) is 6. The van der Waals surface area contributed by atoms with Crippen LogP contribution in [0.1, 0.15) is 11.3 Å². The van der Waals surface area contributed by atoms with Crippen molar-refractivity contribution in [3.63, 3.8) is 0 Å². The first-order valence-corrected chi connectivity index (χ1v) is 7.91. The van der Waals surface area contributed by atoms with Crippen LogP contribution in [0, 0.1) is 0 Å². The Kier molecular flexibility index (Phi) is 5.07. The highest BCUT2D eigenvalue weighted by atomic mass is 79.9. The van der Waals surface area contributed by atoms with Crippen molar-refractivity contribution in [3.05, 3.63) is 77.0 Å². The molecule has 0 saturated heterocycles. The molecule has 3 aromatic rings. The van der Waals surface area contributed by atoms with Gasteiger partial charge in [-0.2, -0.15) is 10.2 Å². The Hall–Kier alpha value is -2.87. The van der Waals surface area contributed by atoms with Crippen molar-refractivity contribution in [1.29, 1.82) is 0 Å². The monoisotopic (exact) mass is 383 g/mol. The second-order valence-electron chi connectivity index (χ2n) is 4.85. The molecule has 0 saturated carbocycles. The van der Waals surface area contributed by atoms with E-state index in [1.807, 2.05) is 36.4 Å². The second kappa shape index (κ2) is 7.60. The summed E-state index contributed by atoms with van der Waals surface area (Å²) >= 11 is 3.42. The summed E-state index contributed by atoms with van der Waals surface area (Å²) in [5, 5.41) is 12.5. The number of amidine groups is 1. The minimum atomic E-state index is 0.254. The zero-order valence-corrected chi connectivity index (χ0v) is 14.2. The van der Waals surface area contributed by atoms with Gasteiger partial charge in [0.25, 0.3) is 0 Å². The van der Waals surface area contributed by atoms with E-state index < -0.39 is 0 Å². The van der Waals surface area contributed by atoms with Crippen LogP contribution in [0.4, 0.5) is 0 Å². The summed E-state index contributed by atoms with van der Waals surface area (Å²) in [5.41, 5.74) is 8.17. The van der Waals surface area contributed by atoms with Gasteiger partial charge in [-0.1, -0.05) is 34.1 Å². The molecular weight excluding hydrogens is 370 g/mol. The molecule has 0 amide bonds. The van der Waals surface area contributed by atoms with E-state index >= 15 is 0 Å². The molecule has 24 heavy (non-hydrogen) atoms. The Bertz CT molecular complexity index is 840. The fourth-order valence-corrected chi connectivity index (χ4v) is 2.23. The van der Waals surface area contributed by atoms with Crippen LogP contribution in [-0.4, -0.2) is 31.3 Å². The molecule has 0 atom stereocenters. The van der Waals surface area contributed by atoms with Crippen molar-refractivity contribution in [2.45, 2.75) is 6.54 Å². The summed E-state index contributed by atoms with van der Waals surface area (Å²) in [5.74, 6) is 0.254. The standard InChI is InChI=1S/C16H14BrN7/c17-13-6-4-12(5-7-13)15(9-24-11-19-10-21-24)22-23-16(18)14-3-1-2-8-20-14/h1-8,10-11H,9H2,(H2,18,23)/b22-15+. The van der Waals surface area contributed by atoms with E-state index in [1.165, 1.54) is 6.33 Å². The molecule has 0 fully saturated rings. The van der Waals surface area contributed by atoms with Gasteiger partial charge in [-0.15, -0.1) is 5.10 Å². The molecule has 1 aromatic carbocycles. The van der Waals surface area contributed by atoms with Gasteiger partial charge >= 0.3 is 0 Å². The normalized spacial score (nSPS) is 12.4. The van der Waals surface area contributed by atoms with Gasteiger partial charge in [0.2, 0.25) is 0 Å². The van der Waals surface area contributed by atoms with Crippen LogP contribution in [-0.2, 0) is 6.54 Å². The van der Waals surface area contributed by atoms with E-state index in [1.54, 1.807) is 23.3 Å². The van der Waals surface area contributed by atoms with Gasteiger partial charge in [0.05, 0.1) is 12.3 Å². The molecule has 3 rings (SSSR count). The fraction of sp³-hybridized carbons (Fsp3) is 0.0625. The third-order valence-electron chi connectivity index (χ3n) is 3.16. The quantitative estimate of drug-likeness (QED) is 0.415. The second-order valence-corrected chi connectivity index (χ2v) is 5.76. The lowest BCUT2D eigenvalue weighted by Gasteiger charge is -2.06. The van der Waals surface area contributed by atoms with E-state index in [-0.39, 0.29) is 5.84 Å². The van der Waals surface area contributed by atoms with Gasteiger partial charge in [0, 0.05) is 10.7 Å².